The third-order valence-electron chi connectivity index (χ3n) is 4.98. The molecule has 0 bridgehead atoms. The minimum Gasteiger partial charge on any atom is -0.356 e. The van der Waals surface area contributed by atoms with Crippen LogP contribution in [-0.2, 0) is 4.79 Å². The van der Waals surface area contributed by atoms with E-state index >= 15 is 0 Å². The first-order valence-corrected chi connectivity index (χ1v) is 10.8. The van der Waals surface area contributed by atoms with Crippen molar-refractivity contribution >= 4 is 29.4 Å². The van der Waals surface area contributed by atoms with Gasteiger partial charge in [-0.05, 0) is 30.7 Å². The average Bonchev–Trinajstić information content (AvgIpc) is 3.25. The molecule has 2 aliphatic rings. The molecule has 2 saturated heterocycles. The quantitative estimate of drug-likeness (QED) is 0.561. The molecule has 0 radical (unpaired) electrons. The summed E-state index contributed by atoms with van der Waals surface area (Å²) in [6, 6.07) is 5.94. The fourth-order valence-electron chi connectivity index (χ4n) is 3.41. The van der Waals surface area contributed by atoms with Crippen LogP contribution in [0.25, 0.3) is 0 Å². The number of nitrogens with one attached hydrogen (secondary N) is 2. The summed E-state index contributed by atoms with van der Waals surface area (Å²) < 4.78 is 0. The third-order valence-corrected chi connectivity index (χ3v) is 6.38. The molecule has 8 heteroatoms. The lowest BCUT2D eigenvalue weighted by molar-refractivity contribution is -0.131. The minimum absolute atomic E-state index is 0.199. The van der Waals surface area contributed by atoms with Crippen LogP contribution in [0.15, 0.2) is 29.4 Å². The number of hydrogen-bond donors (Lipinski definition) is 2. The van der Waals surface area contributed by atoms with E-state index < -0.39 is 0 Å². The van der Waals surface area contributed by atoms with E-state index in [4.69, 9.17) is 0 Å². The summed E-state index contributed by atoms with van der Waals surface area (Å²) in [4.78, 5) is 25.3. The molecule has 0 aromatic carbocycles. The Morgan fingerprint density at radius 2 is 2.15 bits per heavy atom. The van der Waals surface area contributed by atoms with E-state index in [-0.39, 0.29) is 5.91 Å². The predicted molar refractivity (Wildman–Crippen MR) is 112 cm³/mol. The lowest BCUT2D eigenvalue weighted by Gasteiger charge is -2.35. The van der Waals surface area contributed by atoms with Gasteiger partial charge in [-0.2, -0.15) is 11.8 Å². The Labute approximate surface area is 166 Å². The molecule has 0 aliphatic carbocycles. The summed E-state index contributed by atoms with van der Waals surface area (Å²) in [5, 5.41) is 7.31. The number of rotatable bonds is 6. The molecule has 3 heterocycles. The second-order valence-corrected chi connectivity index (χ2v) is 8.23. The molecule has 0 saturated carbocycles. The molecule has 3 rings (SSSR count). The van der Waals surface area contributed by atoms with Gasteiger partial charge in [-0.1, -0.05) is 6.07 Å². The fourth-order valence-corrected chi connectivity index (χ4v) is 4.61. The monoisotopic (exact) mass is 390 g/mol. The van der Waals surface area contributed by atoms with Gasteiger partial charge in [0.1, 0.15) is 5.82 Å². The number of amides is 1. The second kappa shape index (κ2) is 10.4. The Kier molecular flexibility index (Phi) is 7.62. The fraction of sp³-hybridized carbons (Fsp3) is 0.632. The zero-order valence-corrected chi connectivity index (χ0v) is 16.9. The van der Waals surface area contributed by atoms with Gasteiger partial charge in [0.2, 0.25) is 5.91 Å². The Hall–Kier alpha value is -1.96. The topological polar surface area (TPSA) is 72.9 Å². The van der Waals surface area contributed by atoms with E-state index in [9.17, 15) is 4.79 Å². The number of carbonyl (C=O) groups is 1. The summed E-state index contributed by atoms with van der Waals surface area (Å²) >= 11 is 2.03. The third kappa shape index (κ3) is 6.02. The van der Waals surface area contributed by atoms with Gasteiger partial charge in [-0.15, -0.1) is 0 Å². The van der Waals surface area contributed by atoms with Crippen LogP contribution >= 0.6 is 11.8 Å². The van der Waals surface area contributed by atoms with Gasteiger partial charge >= 0.3 is 0 Å². The molecule has 1 amide bonds. The molecule has 1 unspecified atom stereocenters. The molecule has 1 aromatic heterocycles. The highest BCUT2D eigenvalue weighted by Crippen LogP contribution is 2.25. The van der Waals surface area contributed by atoms with Gasteiger partial charge in [0.15, 0.2) is 5.96 Å². The summed E-state index contributed by atoms with van der Waals surface area (Å²) in [6.45, 7) is 4.71. The summed E-state index contributed by atoms with van der Waals surface area (Å²) in [7, 11) is 1.77. The lowest BCUT2D eigenvalue weighted by atomic mass is 10.2. The van der Waals surface area contributed by atoms with Crippen LogP contribution in [0.3, 0.4) is 0 Å². The van der Waals surface area contributed by atoms with Crippen molar-refractivity contribution < 1.29 is 4.79 Å². The maximum Gasteiger partial charge on any atom is 0.224 e. The van der Waals surface area contributed by atoms with Crippen LogP contribution in [0.4, 0.5) is 5.82 Å². The van der Waals surface area contributed by atoms with Crippen molar-refractivity contribution in [2.24, 2.45) is 4.99 Å². The highest BCUT2D eigenvalue weighted by molar-refractivity contribution is 8.00. The molecule has 2 aliphatic heterocycles. The normalized spacial score (nSPS) is 20.6. The van der Waals surface area contributed by atoms with Crippen molar-refractivity contribution in [2.75, 3.05) is 57.0 Å². The summed E-state index contributed by atoms with van der Waals surface area (Å²) in [5.41, 5.74) is 0. The number of aromatic nitrogens is 1. The maximum absolute atomic E-state index is 12.5. The molecular weight excluding hydrogens is 360 g/mol. The molecule has 0 spiro atoms. The number of thioether (sulfide) groups is 1. The van der Waals surface area contributed by atoms with Crippen molar-refractivity contribution in [3.8, 4) is 0 Å². The highest BCUT2D eigenvalue weighted by atomic mass is 32.2. The van der Waals surface area contributed by atoms with Gasteiger partial charge in [-0.3, -0.25) is 9.79 Å². The van der Waals surface area contributed by atoms with E-state index in [2.05, 4.69) is 25.5 Å². The van der Waals surface area contributed by atoms with Crippen LogP contribution < -0.4 is 15.5 Å². The van der Waals surface area contributed by atoms with Crippen LogP contribution in [0.1, 0.15) is 19.3 Å². The average molecular weight is 391 g/mol. The number of piperazine rings is 1. The largest absolute Gasteiger partial charge is 0.356 e. The number of aliphatic imine (C=N–C) groups is 1. The molecule has 1 aromatic rings. The van der Waals surface area contributed by atoms with E-state index in [0.29, 0.717) is 18.2 Å². The van der Waals surface area contributed by atoms with Gasteiger partial charge in [0.05, 0.1) is 0 Å². The number of anilines is 1. The molecule has 7 nitrogen and oxygen atoms in total. The first-order chi connectivity index (χ1) is 13.3. The number of hydrogen-bond acceptors (Lipinski definition) is 5. The van der Waals surface area contributed by atoms with Crippen molar-refractivity contribution in [2.45, 2.75) is 24.5 Å². The van der Waals surface area contributed by atoms with Crippen molar-refractivity contribution in [3.05, 3.63) is 24.4 Å². The van der Waals surface area contributed by atoms with E-state index in [1.54, 1.807) is 7.05 Å². The Morgan fingerprint density at radius 3 is 2.81 bits per heavy atom. The number of nitrogens with zero attached hydrogens (tertiary/aromatic N) is 4. The first kappa shape index (κ1) is 19.8. The number of guanidine groups is 1. The van der Waals surface area contributed by atoms with E-state index in [1.807, 2.05) is 41.1 Å². The predicted octanol–water partition coefficient (Wildman–Crippen LogP) is 1.18. The summed E-state index contributed by atoms with van der Waals surface area (Å²) in [6.07, 6.45) is 4.88. The zero-order valence-electron chi connectivity index (χ0n) is 16.1. The standard InChI is InChI=1S/C19H30N6OS/c1-20-19(23-15-16-5-4-14-27-16)22-9-7-18(26)25-12-10-24(11-13-25)17-6-2-3-8-21-17/h2-3,6,8,16H,4-5,7,9-15H2,1H3,(H2,20,22,23). The van der Waals surface area contributed by atoms with Crippen LogP contribution in [-0.4, -0.2) is 79.1 Å². The lowest BCUT2D eigenvalue weighted by Crippen LogP contribution is -2.49. The van der Waals surface area contributed by atoms with Gasteiger partial charge in [0.25, 0.3) is 0 Å². The van der Waals surface area contributed by atoms with E-state index in [0.717, 1.165) is 44.5 Å². The second-order valence-electron chi connectivity index (χ2n) is 6.82. The molecule has 2 fully saturated rings. The molecule has 148 valence electrons. The SMILES string of the molecule is CN=C(NCCC(=O)N1CCN(c2ccccn2)CC1)NCC1CCCS1. The smallest absolute Gasteiger partial charge is 0.224 e. The van der Waals surface area contributed by atoms with Crippen molar-refractivity contribution in [1.29, 1.82) is 0 Å². The molecule has 1 atom stereocenters. The van der Waals surface area contributed by atoms with Crippen molar-refractivity contribution in [3.63, 3.8) is 0 Å². The van der Waals surface area contributed by atoms with Crippen LogP contribution in [0, 0.1) is 0 Å². The van der Waals surface area contributed by atoms with Gasteiger partial charge in [0, 0.05) is 64.2 Å². The Morgan fingerprint density at radius 1 is 1.30 bits per heavy atom. The number of pyridine rings is 1. The molecule has 2 N–H and O–H groups in total. The Bertz CT molecular complexity index is 612. The number of carbonyl (C=O) groups excluding carboxylic acids is 1. The maximum atomic E-state index is 12.5. The van der Waals surface area contributed by atoms with Gasteiger partial charge < -0.3 is 20.4 Å². The summed E-state index contributed by atoms with van der Waals surface area (Å²) in [5.74, 6) is 3.24. The van der Waals surface area contributed by atoms with Gasteiger partial charge in [-0.25, -0.2) is 4.98 Å². The minimum atomic E-state index is 0.199. The van der Waals surface area contributed by atoms with Crippen LogP contribution in [0.5, 0.6) is 0 Å². The Balaban J connectivity index is 1.33. The molecular formula is C19H30N6OS. The first-order valence-electron chi connectivity index (χ1n) is 9.76. The zero-order chi connectivity index (χ0) is 18.9. The van der Waals surface area contributed by atoms with Crippen LogP contribution in [0.2, 0.25) is 0 Å². The van der Waals surface area contributed by atoms with Crippen molar-refractivity contribution in [1.82, 2.24) is 20.5 Å². The molecule has 27 heavy (non-hydrogen) atoms. The van der Waals surface area contributed by atoms with E-state index in [1.165, 1.54) is 18.6 Å². The highest BCUT2D eigenvalue weighted by Gasteiger charge is 2.21.